The topological polar surface area (TPSA) is 38.4 Å². The molecule has 0 bridgehead atoms. The normalized spacial score (nSPS) is 10.4. The number of hydrogen-bond acceptors (Lipinski definition) is 2. The molecule has 0 aliphatic heterocycles. The molecule has 2 rings (SSSR count). The molecule has 1 aromatic rings. The van der Waals surface area contributed by atoms with Crippen LogP contribution in [0.15, 0.2) is 78.9 Å². The van der Waals surface area contributed by atoms with Crippen LogP contribution < -0.4 is 5.73 Å². The second-order valence-electron chi connectivity index (χ2n) is 4.31. The summed E-state index contributed by atoms with van der Waals surface area (Å²) in [4.78, 5) is 3.49. The lowest BCUT2D eigenvalue weighted by Crippen LogP contribution is -1.85. The van der Waals surface area contributed by atoms with Crippen molar-refractivity contribution < 1.29 is 0 Å². The summed E-state index contributed by atoms with van der Waals surface area (Å²) < 4.78 is 0. The Morgan fingerprint density at radius 2 is 1.75 bits per heavy atom. The standard InChI is InChI=1S/C8H10.C7H9N.C3H7N.C2H6.C2H4/c1-2-8-6-4-3-5-7-8;1-6-4-2-3-5-7(6)8;1-3-4-2;2*1-2/h2-4,6H,1,5,7H2;2-5H,8H2,1H3;2-3H2,1H3;1-2H3;1-2H2. The molecule has 0 saturated carbocycles. The van der Waals surface area contributed by atoms with Gasteiger partial charge in [0.1, 0.15) is 0 Å². The molecule has 0 atom stereocenters. The van der Waals surface area contributed by atoms with Gasteiger partial charge in [-0.25, -0.2) is 0 Å². The molecule has 2 N–H and O–H groups in total. The molecule has 0 fully saturated rings. The van der Waals surface area contributed by atoms with Crippen LogP contribution in [0.25, 0.3) is 0 Å². The molecule has 0 spiro atoms. The molecule has 134 valence electrons. The minimum atomic E-state index is 0.833. The van der Waals surface area contributed by atoms with Gasteiger partial charge in [-0.3, -0.25) is 0 Å². The molecule has 2 nitrogen and oxygen atoms in total. The van der Waals surface area contributed by atoms with Crippen molar-refractivity contribution in [2.45, 2.75) is 40.5 Å². The predicted octanol–water partition coefficient (Wildman–Crippen LogP) is 6.56. The lowest BCUT2D eigenvalue weighted by molar-refractivity contribution is 0.992. The highest BCUT2D eigenvalue weighted by atomic mass is 14.6. The fraction of sp³-hybridized carbons (Fsp3) is 0.318. The zero-order valence-corrected chi connectivity index (χ0v) is 16.1. The van der Waals surface area contributed by atoms with Gasteiger partial charge in [0.2, 0.25) is 0 Å². The zero-order chi connectivity index (χ0) is 19.2. The summed E-state index contributed by atoms with van der Waals surface area (Å²) >= 11 is 0. The van der Waals surface area contributed by atoms with Crippen molar-refractivity contribution >= 4 is 12.4 Å². The van der Waals surface area contributed by atoms with Gasteiger partial charge < -0.3 is 10.7 Å². The fourth-order valence-electron chi connectivity index (χ4n) is 1.38. The number of nitrogen functional groups attached to an aromatic ring is 1. The Kier molecular flexibility index (Phi) is 25.4. The number of nitrogens with two attached hydrogens (primary N) is 1. The first-order valence-electron chi connectivity index (χ1n) is 8.37. The highest BCUT2D eigenvalue weighted by Crippen LogP contribution is 2.11. The lowest BCUT2D eigenvalue weighted by Gasteiger charge is -2.00. The van der Waals surface area contributed by atoms with Gasteiger partial charge in [0.25, 0.3) is 0 Å². The number of anilines is 1. The fourth-order valence-corrected chi connectivity index (χ4v) is 1.38. The monoisotopic (exact) mass is 328 g/mol. The number of hydrogen-bond donors (Lipinski definition) is 1. The number of rotatable bonds is 2. The van der Waals surface area contributed by atoms with E-state index in [0.29, 0.717) is 0 Å². The number of aliphatic imine (C=N–C) groups is 1. The molecule has 0 amide bonds. The quantitative estimate of drug-likeness (QED) is 0.372. The number of para-hydroxylation sites is 1. The first-order valence-corrected chi connectivity index (χ1v) is 8.37. The third kappa shape index (κ3) is 17.7. The van der Waals surface area contributed by atoms with E-state index in [1.807, 2.05) is 58.0 Å². The second-order valence-corrected chi connectivity index (χ2v) is 4.31. The average molecular weight is 329 g/mol. The summed E-state index contributed by atoms with van der Waals surface area (Å²) in [5, 5.41) is 0. The molecule has 24 heavy (non-hydrogen) atoms. The van der Waals surface area contributed by atoms with Gasteiger partial charge in [-0.05, 0) is 50.6 Å². The summed E-state index contributed by atoms with van der Waals surface area (Å²) in [5.74, 6) is 0. The van der Waals surface area contributed by atoms with Gasteiger partial charge in [-0.2, -0.15) is 0 Å². The van der Waals surface area contributed by atoms with Crippen molar-refractivity contribution in [2.24, 2.45) is 4.99 Å². The summed E-state index contributed by atoms with van der Waals surface area (Å²) in [6, 6.07) is 7.80. The van der Waals surface area contributed by atoms with Gasteiger partial charge >= 0.3 is 0 Å². The first kappa shape index (κ1) is 26.5. The highest BCUT2D eigenvalue weighted by molar-refractivity contribution is 5.44. The molecule has 0 saturated heterocycles. The van der Waals surface area contributed by atoms with E-state index in [2.05, 4.69) is 49.7 Å². The number of aryl methyl sites for hydroxylation is 1. The van der Waals surface area contributed by atoms with Gasteiger partial charge in [-0.15, -0.1) is 13.2 Å². The number of nitrogens with zero attached hydrogens (tertiary/aromatic N) is 1. The molecule has 1 aliphatic rings. The highest BCUT2D eigenvalue weighted by Gasteiger charge is 1.91. The van der Waals surface area contributed by atoms with E-state index in [1.54, 1.807) is 0 Å². The average Bonchev–Trinajstić information content (AvgIpc) is 2.68. The van der Waals surface area contributed by atoms with E-state index in [-0.39, 0.29) is 0 Å². The Hall–Kier alpha value is -2.35. The molecule has 0 aromatic heterocycles. The van der Waals surface area contributed by atoms with Crippen LogP contribution in [-0.4, -0.2) is 13.3 Å². The molecule has 1 aromatic carbocycles. The Morgan fingerprint density at radius 3 is 2.00 bits per heavy atom. The van der Waals surface area contributed by atoms with E-state index in [9.17, 15) is 0 Å². The van der Waals surface area contributed by atoms with E-state index in [4.69, 9.17) is 5.73 Å². The van der Waals surface area contributed by atoms with Crippen molar-refractivity contribution in [3.8, 4) is 0 Å². The summed E-state index contributed by atoms with van der Waals surface area (Å²) in [5.41, 5.74) is 8.89. The van der Waals surface area contributed by atoms with Gasteiger partial charge in [-0.1, -0.05) is 62.9 Å². The molecule has 2 heteroatoms. The van der Waals surface area contributed by atoms with Gasteiger partial charge in [0.15, 0.2) is 0 Å². The van der Waals surface area contributed by atoms with Crippen molar-refractivity contribution in [3.05, 3.63) is 79.4 Å². The minimum Gasteiger partial charge on any atom is -0.399 e. The molecule has 0 unspecified atom stereocenters. The van der Waals surface area contributed by atoms with E-state index in [0.717, 1.165) is 17.8 Å². The van der Waals surface area contributed by atoms with E-state index < -0.39 is 0 Å². The van der Waals surface area contributed by atoms with Crippen LogP contribution in [0, 0.1) is 6.92 Å². The lowest BCUT2D eigenvalue weighted by atomic mass is 10.1. The van der Waals surface area contributed by atoms with Crippen molar-refractivity contribution in [1.29, 1.82) is 0 Å². The summed E-state index contributed by atoms with van der Waals surface area (Å²) in [7, 11) is 0. The summed E-state index contributed by atoms with van der Waals surface area (Å²) in [6.45, 7) is 21.7. The maximum Gasteiger partial charge on any atom is 0.0353 e. The summed E-state index contributed by atoms with van der Waals surface area (Å²) in [6.07, 6.45) is 10.6. The number of benzene rings is 1. The Balaban J connectivity index is -0.000000261. The SMILES string of the molecule is C=C.C=CC1=CC=CCC1.C=NCC.CC.Cc1ccccc1N. The molecule has 0 heterocycles. The number of allylic oxidation sites excluding steroid dienone is 5. The van der Waals surface area contributed by atoms with Crippen molar-refractivity contribution in [3.63, 3.8) is 0 Å². The van der Waals surface area contributed by atoms with Crippen LogP contribution >= 0.6 is 0 Å². The zero-order valence-electron chi connectivity index (χ0n) is 16.1. The van der Waals surface area contributed by atoms with Crippen molar-refractivity contribution in [2.75, 3.05) is 12.3 Å². The molecule has 1 aliphatic carbocycles. The third-order valence-corrected chi connectivity index (χ3v) is 2.72. The van der Waals surface area contributed by atoms with Crippen LogP contribution in [-0.2, 0) is 0 Å². The Morgan fingerprint density at radius 1 is 1.21 bits per heavy atom. The van der Waals surface area contributed by atoms with E-state index in [1.165, 1.54) is 18.4 Å². The van der Waals surface area contributed by atoms with Crippen molar-refractivity contribution in [1.82, 2.24) is 0 Å². The Labute approximate surface area is 150 Å². The van der Waals surface area contributed by atoms with Crippen LogP contribution in [0.3, 0.4) is 0 Å². The maximum absolute atomic E-state index is 5.52. The minimum absolute atomic E-state index is 0.833. The van der Waals surface area contributed by atoms with Crippen LogP contribution in [0.4, 0.5) is 5.69 Å². The largest absolute Gasteiger partial charge is 0.399 e. The van der Waals surface area contributed by atoms with E-state index >= 15 is 0 Å². The molecular weight excluding hydrogens is 292 g/mol. The van der Waals surface area contributed by atoms with Crippen LogP contribution in [0.1, 0.15) is 39.2 Å². The van der Waals surface area contributed by atoms with Crippen LogP contribution in [0.5, 0.6) is 0 Å². The molecule has 0 radical (unpaired) electrons. The van der Waals surface area contributed by atoms with Gasteiger partial charge in [0.05, 0.1) is 0 Å². The smallest absolute Gasteiger partial charge is 0.0353 e. The molecular formula is C22H36N2. The van der Waals surface area contributed by atoms with Gasteiger partial charge in [0, 0.05) is 12.2 Å². The third-order valence-electron chi connectivity index (χ3n) is 2.72. The maximum atomic E-state index is 5.52. The predicted molar refractivity (Wildman–Crippen MR) is 115 cm³/mol. The second kappa shape index (κ2) is 22.9. The van der Waals surface area contributed by atoms with Crippen LogP contribution in [0.2, 0.25) is 0 Å². The first-order chi connectivity index (χ1) is 11.7. The Bertz CT molecular complexity index is 450.